The first-order valence-electron chi connectivity index (χ1n) is 12.6. The number of hydrogen-bond donors (Lipinski definition) is 2. The molecular formula is C28H27N7O2. The molecule has 0 bridgehead atoms. The van der Waals surface area contributed by atoms with E-state index in [-0.39, 0.29) is 23.8 Å². The topological polar surface area (TPSA) is 119 Å². The molecule has 0 aromatic carbocycles. The molecule has 2 atom stereocenters. The van der Waals surface area contributed by atoms with Gasteiger partial charge in [-0.05, 0) is 55.7 Å². The van der Waals surface area contributed by atoms with Crippen LogP contribution in [0.2, 0.25) is 0 Å². The average molecular weight is 494 g/mol. The minimum atomic E-state index is -0.317. The Labute approximate surface area is 214 Å². The molecular weight excluding hydrogens is 466 g/mol. The Kier molecular flexibility index (Phi) is 5.93. The Morgan fingerprint density at radius 2 is 2.03 bits per heavy atom. The number of amides is 2. The third-order valence-electron chi connectivity index (χ3n) is 7.01. The minimum Gasteiger partial charge on any atom is -0.382 e. The van der Waals surface area contributed by atoms with Gasteiger partial charge in [-0.2, -0.15) is 0 Å². The Morgan fingerprint density at radius 1 is 1.14 bits per heavy atom. The summed E-state index contributed by atoms with van der Waals surface area (Å²) < 4.78 is 1.94. The molecule has 3 N–H and O–H groups in total. The summed E-state index contributed by atoms with van der Waals surface area (Å²) in [5, 5.41) is 2.85. The Hall–Kier alpha value is -4.45. The van der Waals surface area contributed by atoms with Gasteiger partial charge in [-0.3, -0.25) is 14.0 Å². The molecule has 3 aliphatic rings. The fourth-order valence-corrected chi connectivity index (χ4v) is 4.91. The molecule has 4 heterocycles. The average Bonchev–Trinajstić information content (AvgIpc) is 3.47. The van der Waals surface area contributed by atoms with Crippen molar-refractivity contribution in [1.82, 2.24) is 24.3 Å². The Morgan fingerprint density at radius 3 is 2.78 bits per heavy atom. The van der Waals surface area contributed by atoms with Crippen LogP contribution < -0.4 is 11.1 Å². The number of imidazole rings is 1. The lowest BCUT2D eigenvalue weighted by atomic mass is 9.94. The SMILES string of the molecule is Nc1nccn2c([C@@H]3CCCN3C(=O)C#CC3CC3)nc(C3=CCC(C(=O)Nc4ccccn4)C=C3)c12. The van der Waals surface area contributed by atoms with E-state index in [1.54, 1.807) is 24.5 Å². The molecule has 1 unspecified atom stereocenters. The third-order valence-corrected chi connectivity index (χ3v) is 7.01. The summed E-state index contributed by atoms with van der Waals surface area (Å²) in [4.78, 5) is 40.9. The molecule has 186 valence electrons. The number of nitrogens with two attached hydrogens (primary N) is 1. The number of fused-ring (bicyclic) bond motifs is 1. The molecule has 2 aliphatic carbocycles. The summed E-state index contributed by atoms with van der Waals surface area (Å²) in [6.07, 6.45) is 15.3. The van der Waals surface area contributed by atoms with Crippen molar-refractivity contribution in [3.05, 3.63) is 66.5 Å². The number of rotatable bonds is 4. The van der Waals surface area contributed by atoms with Gasteiger partial charge in [0.15, 0.2) is 0 Å². The van der Waals surface area contributed by atoms with Crippen molar-refractivity contribution in [1.29, 1.82) is 0 Å². The fraction of sp³-hybridized carbons (Fsp3) is 0.321. The van der Waals surface area contributed by atoms with Gasteiger partial charge >= 0.3 is 0 Å². The van der Waals surface area contributed by atoms with Crippen molar-refractivity contribution in [2.75, 3.05) is 17.6 Å². The maximum atomic E-state index is 12.9. The monoisotopic (exact) mass is 493 g/mol. The number of carbonyl (C=O) groups excluding carboxylic acids is 2. The highest BCUT2D eigenvalue weighted by molar-refractivity contribution is 5.96. The smallest absolute Gasteiger partial charge is 0.299 e. The van der Waals surface area contributed by atoms with Crippen molar-refractivity contribution in [2.45, 2.75) is 38.1 Å². The van der Waals surface area contributed by atoms with Gasteiger partial charge in [0.25, 0.3) is 5.91 Å². The maximum Gasteiger partial charge on any atom is 0.299 e. The van der Waals surface area contributed by atoms with Crippen LogP contribution in [0.3, 0.4) is 0 Å². The predicted molar refractivity (Wildman–Crippen MR) is 140 cm³/mol. The number of carbonyl (C=O) groups is 2. The maximum absolute atomic E-state index is 12.9. The summed E-state index contributed by atoms with van der Waals surface area (Å²) in [7, 11) is 0. The van der Waals surface area contributed by atoms with Crippen molar-refractivity contribution >= 4 is 34.5 Å². The second kappa shape index (κ2) is 9.54. The highest BCUT2D eigenvalue weighted by atomic mass is 16.2. The van der Waals surface area contributed by atoms with Gasteiger partial charge in [0.1, 0.15) is 23.0 Å². The van der Waals surface area contributed by atoms with E-state index in [2.05, 4.69) is 27.1 Å². The Balaban J connectivity index is 1.28. The Bertz CT molecular complexity index is 1490. The number of nitrogens with one attached hydrogen (secondary N) is 1. The van der Waals surface area contributed by atoms with Crippen LogP contribution in [0.5, 0.6) is 0 Å². The minimum absolute atomic E-state index is 0.116. The van der Waals surface area contributed by atoms with Gasteiger partial charge < -0.3 is 16.0 Å². The fourth-order valence-electron chi connectivity index (χ4n) is 4.91. The number of allylic oxidation sites excluding steroid dienone is 3. The molecule has 2 amide bonds. The van der Waals surface area contributed by atoms with E-state index >= 15 is 0 Å². The molecule has 37 heavy (non-hydrogen) atoms. The van der Waals surface area contributed by atoms with Crippen molar-refractivity contribution in [3.8, 4) is 11.8 Å². The summed E-state index contributed by atoms with van der Waals surface area (Å²) in [6.45, 7) is 0.656. The van der Waals surface area contributed by atoms with Crippen LogP contribution in [0, 0.1) is 23.7 Å². The van der Waals surface area contributed by atoms with E-state index in [1.807, 2.05) is 39.8 Å². The summed E-state index contributed by atoms with van der Waals surface area (Å²) in [5.41, 5.74) is 8.59. The van der Waals surface area contributed by atoms with Gasteiger partial charge in [-0.15, -0.1) is 0 Å². The first-order valence-corrected chi connectivity index (χ1v) is 12.6. The van der Waals surface area contributed by atoms with Crippen molar-refractivity contribution in [2.24, 2.45) is 11.8 Å². The standard InChI is InChI=1S/C28H27N7O2/c29-26-25-24(19-9-11-20(12-10-19)28(37)32-22-5-1-2-14-30-22)33-27(35(25)17-15-31-26)21-4-3-16-34(21)23(36)13-8-18-6-7-18/h1-2,5,9-11,14-15,17-18,20-21H,3-4,6-7,12,16H2,(H2,29,31)(H,30,32,37)/t20?,21-/m0/s1. The molecule has 3 aromatic heterocycles. The van der Waals surface area contributed by atoms with E-state index in [1.165, 1.54) is 0 Å². The zero-order valence-corrected chi connectivity index (χ0v) is 20.3. The molecule has 0 radical (unpaired) electrons. The number of nitrogen functional groups attached to an aromatic ring is 1. The highest BCUT2D eigenvalue weighted by Crippen LogP contribution is 2.36. The van der Waals surface area contributed by atoms with Gasteiger partial charge in [-0.1, -0.05) is 30.2 Å². The molecule has 6 rings (SSSR count). The number of anilines is 2. The van der Waals surface area contributed by atoms with Crippen LogP contribution in [0.4, 0.5) is 11.6 Å². The highest BCUT2D eigenvalue weighted by Gasteiger charge is 2.34. The van der Waals surface area contributed by atoms with E-state index in [4.69, 9.17) is 10.7 Å². The summed E-state index contributed by atoms with van der Waals surface area (Å²) >= 11 is 0. The normalized spacial score (nSPS) is 20.9. The van der Waals surface area contributed by atoms with E-state index in [9.17, 15) is 9.59 Å². The van der Waals surface area contributed by atoms with E-state index in [0.717, 1.165) is 37.1 Å². The van der Waals surface area contributed by atoms with Crippen LogP contribution >= 0.6 is 0 Å². The van der Waals surface area contributed by atoms with E-state index in [0.29, 0.717) is 41.7 Å². The second-order valence-corrected chi connectivity index (χ2v) is 9.61. The molecule has 9 nitrogen and oxygen atoms in total. The van der Waals surface area contributed by atoms with Gasteiger partial charge in [0, 0.05) is 31.1 Å². The van der Waals surface area contributed by atoms with Crippen molar-refractivity contribution in [3.63, 3.8) is 0 Å². The van der Waals surface area contributed by atoms with E-state index < -0.39 is 0 Å². The molecule has 9 heteroatoms. The molecule has 3 aromatic rings. The molecule has 1 aliphatic heterocycles. The number of nitrogens with zero attached hydrogens (tertiary/aromatic N) is 5. The van der Waals surface area contributed by atoms with Crippen LogP contribution in [-0.4, -0.2) is 42.6 Å². The number of pyridine rings is 1. The zero-order valence-electron chi connectivity index (χ0n) is 20.3. The lowest BCUT2D eigenvalue weighted by Gasteiger charge is -2.21. The van der Waals surface area contributed by atoms with Gasteiger partial charge in [-0.25, -0.2) is 15.0 Å². The molecule has 2 fully saturated rings. The largest absolute Gasteiger partial charge is 0.382 e. The lowest BCUT2D eigenvalue weighted by Crippen LogP contribution is -2.30. The van der Waals surface area contributed by atoms with Gasteiger partial charge in [0.05, 0.1) is 17.7 Å². The molecule has 1 saturated heterocycles. The van der Waals surface area contributed by atoms with Crippen LogP contribution in [0.1, 0.15) is 49.7 Å². The summed E-state index contributed by atoms with van der Waals surface area (Å²) in [5.74, 6) is 7.36. The predicted octanol–water partition coefficient (Wildman–Crippen LogP) is 3.38. The van der Waals surface area contributed by atoms with Crippen LogP contribution in [-0.2, 0) is 9.59 Å². The molecule has 1 saturated carbocycles. The quantitative estimate of drug-likeness (QED) is 0.538. The first kappa shape index (κ1) is 23.0. The second-order valence-electron chi connectivity index (χ2n) is 9.61. The number of likely N-dealkylation sites (tertiary alicyclic amines) is 1. The van der Waals surface area contributed by atoms with Gasteiger partial charge in [0.2, 0.25) is 5.91 Å². The summed E-state index contributed by atoms with van der Waals surface area (Å²) in [6, 6.07) is 5.21. The van der Waals surface area contributed by atoms with Crippen LogP contribution in [0.25, 0.3) is 11.1 Å². The number of aromatic nitrogens is 4. The molecule has 0 spiro atoms. The van der Waals surface area contributed by atoms with Crippen LogP contribution in [0.15, 0.2) is 55.0 Å². The number of hydrogen-bond acceptors (Lipinski definition) is 6. The first-order chi connectivity index (χ1) is 18.1. The van der Waals surface area contributed by atoms with Crippen molar-refractivity contribution < 1.29 is 9.59 Å². The lowest BCUT2D eigenvalue weighted by molar-refractivity contribution is -0.126. The zero-order chi connectivity index (χ0) is 25.4. The third kappa shape index (κ3) is 4.58.